The third-order valence-electron chi connectivity index (χ3n) is 6.25. The van der Waals surface area contributed by atoms with Gasteiger partial charge in [0.15, 0.2) is 0 Å². The van der Waals surface area contributed by atoms with Crippen LogP contribution in [0.2, 0.25) is 0 Å². The highest BCUT2D eigenvalue weighted by Gasteiger charge is 2.20. The maximum Gasteiger partial charge on any atom is 0.147 e. The van der Waals surface area contributed by atoms with E-state index < -0.39 is 11.6 Å². The zero-order chi connectivity index (χ0) is 25.1. The summed E-state index contributed by atoms with van der Waals surface area (Å²) in [4.78, 5) is 9.61. The first-order chi connectivity index (χ1) is 17.5. The molecule has 1 aliphatic heterocycles. The van der Waals surface area contributed by atoms with Crippen molar-refractivity contribution in [3.8, 4) is 0 Å². The van der Waals surface area contributed by atoms with Crippen molar-refractivity contribution in [1.82, 2.24) is 14.8 Å². The number of nitrogens with one attached hydrogen (secondary N) is 1. The van der Waals surface area contributed by atoms with Gasteiger partial charge in [0.25, 0.3) is 0 Å². The quantitative estimate of drug-likeness (QED) is 0.287. The van der Waals surface area contributed by atoms with Crippen molar-refractivity contribution in [2.75, 3.05) is 30.9 Å². The molecule has 0 spiro atoms. The van der Waals surface area contributed by atoms with Crippen molar-refractivity contribution in [2.45, 2.75) is 11.4 Å². The summed E-state index contributed by atoms with van der Waals surface area (Å²) in [6, 6.07) is 18.5. The highest BCUT2D eigenvalue weighted by atomic mass is 32.2. The molecule has 0 aliphatic carbocycles. The number of benzene rings is 3. The molecule has 0 bridgehead atoms. The standard InChI is InChI=1S/C28H25F3N4S/c1-19(35-12-10-34(11-13-35)18-20-14-23(29)17-24(30)15-20)22-7-8-26(25(31)16-22)33-36-27-6-2-4-21-5-3-9-32-28(21)27/h2-9,14-17,33H,1,10-13,18H2. The van der Waals surface area contributed by atoms with Gasteiger partial charge in [-0.25, -0.2) is 13.2 Å². The van der Waals surface area contributed by atoms with E-state index in [4.69, 9.17) is 0 Å². The lowest BCUT2D eigenvalue weighted by atomic mass is 10.1. The van der Waals surface area contributed by atoms with E-state index in [2.05, 4.69) is 26.1 Å². The van der Waals surface area contributed by atoms with E-state index >= 15 is 0 Å². The lowest BCUT2D eigenvalue weighted by molar-refractivity contribution is 0.169. The van der Waals surface area contributed by atoms with Crippen LogP contribution in [0.3, 0.4) is 0 Å². The molecule has 1 N–H and O–H groups in total. The Morgan fingerprint density at radius 1 is 0.917 bits per heavy atom. The van der Waals surface area contributed by atoms with E-state index in [0.717, 1.165) is 46.2 Å². The van der Waals surface area contributed by atoms with Crippen LogP contribution in [0, 0.1) is 17.5 Å². The highest BCUT2D eigenvalue weighted by molar-refractivity contribution is 8.00. The van der Waals surface area contributed by atoms with Gasteiger partial charge in [0.2, 0.25) is 0 Å². The van der Waals surface area contributed by atoms with Crippen LogP contribution in [0.5, 0.6) is 0 Å². The van der Waals surface area contributed by atoms with Crippen LogP contribution < -0.4 is 4.72 Å². The minimum Gasteiger partial charge on any atom is -0.369 e. The lowest BCUT2D eigenvalue weighted by Crippen LogP contribution is -2.44. The van der Waals surface area contributed by atoms with Gasteiger partial charge in [0.1, 0.15) is 17.5 Å². The number of para-hydroxylation sites is 1. The number of rotatable bonds is 7. The van der Waals surface area contributed by atoms with Crippen LogP contribution in [0.1, 0.15) is 11.1 Å². The van der Waals surface area contributed by atoms with Gasteiger partial charge in [-0.2, -0.15) is 0 Å². The van der Waals surface area contributed by atoms with Crippen molar-refractivity contribution < 1.29 is 13.2 Å². The van der Waals surface area contributed by atoms with Gasteiger partial charge < -0.3 is 9.62 Å². The van der Waals surface area contributed by atoms with Crippen LogP contribution in [-0.4, -0.2) is 41.0 Å². The molecule has 0 radical (unpaired) electrons. The summed E-state index contributed by atoms with van der Waals surface area (Å²) in [5.74, 6) is -1.49. The molecular formula is C28H25F3N4S. The smallest absolute Gasteiger partial charge is 0.147 e. The molecule has 8 heteroatoms. The summed E-state index contributed by atoms with van der Waals surface area (Å²) in [6.45, 7) is 7.49. The van der Waals surface area contributed by atoms with E-state index in [1.54, 1.807) is 12.3 Å². The van der Waals surface area contributed by atoms with Crippen molar-refractivity contribution in [3.05, 3.63) is 108 Å². The molecule has 1 aliphatic rings. The van der Waals surface area contributed by atoms with Crippen LogP contribution in [0.4, 0.5) is 18.9 Å². The number of hydrogen-bond acceptors (Lipinski definition) is 5. The first-order valence-corrected chi connectivity index (χ1v) is 12.5. The van der Waals surface area contributed by atoms with Gasteiger partial charge in [-0.1, -0.05) is 30.8 Å². The summed E-state index contributed by atoms with van der Waals surface area (Å²) < 4.78 is 45.0. The number of nitrogens with zero attached hydrogens (tertiary/aromatic N) is 3. The average Bonchev–Trinajstić information content (AvgIpc) is 2.87. The number of aromatic nitrogens is 1. The Labute approximate surface area is 212 Å². The fourth-order valence-corrected chi connectivity index (χ4v) is 5.16. The maximum absolute atomic E-state index is 14.9. The summed E-state index contributed by atoms with van der Waals surface area (Å²) >= 11 is 1.32. The molecule has 0 amide bonds. The number of pyridine rings is 1. The molecule has 184 valence electrons. The number of halogens is 3. The van der Waals surface area contributed by atoms with Crippen molar-refractivity contribution in [3.63, 3.8) is 0 Å². The zero-order valence-electron chi connectivity index (χ0n) is 19.6. The predicted molar refractivity (Wildman–Crippen MR) is 140 cm³/mol. The van der Waals surface area contributed by atoms with Gasteiger partial charge >= 0.3 is 0 Å². The van der Waals surface area contributed by atoms with Crippen molar-refractivity contribution >= 4 is 34.2 Å². The second-order valence-electron chi connectivity index (χ2n) is 8.72. The number of hydrogen-bond donors (Lipinski definition) is 1. The normalized spacial score (nSPS) is 14.2. The first-order valence-electron chi connectivity index (χ1n) is 11.6. The molecule has 1 saturated heterocycles. The molecule has 36 heavy (non-hydrogen) atoms. The van der Waals surface area contributed by atoms with E-state index in [9.17, 15) is 13.2 Å². The van der Waals surface area contributed by atoms with E-state index in [1.807, 2.05) is 36.4 Å². The average molecular weight is 507 g/mol. The SMILES string of the molecule is C=C(c1ccc(NSc2cccc3cccnc23)c(F)c1)N1CCN(Cc2cc(F)cc(F)c2)CC1. The van der Waals surface area contributed by atoms with Crippen LogP contribution in [0.15, 0.2) is 84.4 Å². The Bertz CT molecular complexity index is 1380. The third kappa shape index (κ3) is 5.50. The minimum absolute atomic E-state index is 0.360. The molecule has 3 aromatic carbocycles. The largest absolute Gasteiger partial charge is 0.369 e. The topological polar surface area (TPSA) is 31.4 Å². The molecule has 1 aromatic heterocycles. The van der Waals surface area contributed by atoms with E-state index in [-0.39, 0.29) is 5.82 Å². The fourth-order valence-electron chi connectivity index (χ4n) is 4.36. The molecule has 0 saturated carbocycles. The third-order valence-corrected chi connectivity index (χ3v) is 7.12. The highest BCUT2D eigenvalue weighted by Crippen LogP contribution is 2.30. The summed E-state index contributed by atoms with van der Waals surface area (Å²) in [5, 5.41) is 1.03. The van der Waals surface area contributed by atoms with Gasteiger partial charge in [0, 0.05) is 61.6 Å². The zero-order valence-corrected chi connectivity index (χ0v) is 20.4. The Kier molecular flexibility index (Phi) is 7.16. The van der Waals surface area contributed by atoms with Crippen molar-refractivity contribution in [1.29, 1.82) is 0 Å². The van der Waals surface area contributed by atoms with Crippen LogP contribution >= 0.6 is 11.9 Å². The molecule has 4 aromatic rings. The molecular weight excluding hydrogens is 481 g/mol. The van der Waals surface area contributed by atoms with E-state index in [1.165, 1.54) is 30.1 Å². The molecule has 5 rings (SSSR count). The Hall–Kier alpha value is -3.49. The van der Waals surface area contributed by atoms with E-state index in [0.29, 0.717) is 30.9 Å². The van der Waals surface area contributed by atoms with Crippen LogP contribution in [0.25, 0.3) is 16.6 Å². The number of piperazine rings is 1. The molecule has 2 heterocycles. The second-order valence-corrected chi connectivity index (χ2v) is 9.57. The second kappa shape index (κ2) is 10.6. The van der Waals surface area contributed by atoms with Gasteiger partial charge in [-0.05, 0) is 53.9 Å². The summed E-state index contributed by atoms with van der Waals surface area (Å²) in [5.41, 5.74) is 3.33. The Balaban J connectivity index is 1.18. The van der Waals surface area contributed by atoms with Crippen LogP contribution in [-0.2, 0) is 6.54 Å². The predicted octanol–water partition coefficient (Wildman–Crippen LogP) is 6.56. The maximum atomic E-state index is 14.9. The molecule has 0 atom stereocenters. The lowest BCUT2D eigenvalue weighted by Gasteiger charge is -2.37. The number of fused-ring (bicyclic) bond motifs is 1. The first kappa shape index (κ1) is 24.2. The van der Waals surface area contributed by atoms with Gasteiger partial charge in [0.05, 0.1) is 16.1 Å². The minimum atomic E-state index is -0.566. The fraction of sp³-hybridized carbons (Fsp3) is 0.179. The monoisotopic (exact) mass is 506 g/mol. The van der Waals surface area contributed by atoms with Gasteiger partial charge in [-0.15, -0.1) is 0 Å². The molecule has 1 fully saturated rings. The van der Waals surface area contributed by atoms with Gasteiger partial charge in [-0.3, -0.25) is 9.88 Å². The van der Waals surface area contributed by atoms with Crippen molar-refractivity contribution in [2.24, 2.45) is 0 Å². The molecule has 0 unspecified atom stereocenters. The summed E-state index contributed by atoms with van der Waals surface area (Å²) in [7, 11) is 0. The summed E-state index contributed by atoms with van der Waals surface area (Å²) in [6.07, 6.45) is 1.74. The Morgan fingerprint density at radius 2 is 1.67 bits per heavy atom. The number of anilines is 1. The molecule has 4 nitrogen and oxygen atoms in total. The Morgan fingerprint density at radius 3 is 2.42 bits per heavy atom.